The number of benzene rings is 2. The van der Waals surface area contributed by atoms with Crippen LogP contribution in [-0.4, -0.2) is 38.3 Å². The fourth-order valence-corrected chi connectivity index (χ4v) is 2.96. The van der Waals surface area contributed by atoms with Gasteiger partial charge in [0.1, 0.15) is 5.75 Å². The molecule has 5 nitrogen and oxygen atoms in total. The summed E-state index contributed by atoms with van der Waals surface area (Å²) in [6.07, 6.45) is -0.718. The molecule has 1 atom stereocenters. The largest absolute Gasteiger partial charge is 0.479 e. The Morgan fingerprint density at radius 1 is 1.15 bits per heavy atom. The third-order valence-electron chi connectivity index (χ3n) is 4.08. The monoisotopic (exact) mass is 394 g/mol. The number of halogens is 2. The summed E-state index contributed by atoms with van der Waals surface area (Å²) in [5, 5.41) is 3.75. The number of hydrogen-bond donors (Lipinski definition) is 1. The third kappa shape index (κ3) is 4.81. The molecule has 0 aromatic heterocycles. The molecule has 1 saturated heterocycles. The minimum absolute atomic E-state index is 0.264. The van der Waals surface area contributed by atoms with Crippen LogP contribution < -0.4 is 15.0 Å². The summed E-state index contributed by atoms with van der Waals surface area (Å²) in [5.74, 6) is 0.115. The van der Waals surface area contributed by atoms with Gasteiger partial charge in [0, 0.05) is 35.6 Å². The van der Waals surface area contributed by atoms with Gasteiger partial charge in [-0.05, 0) is 43.3 Å². The van der Waals surface area contributed by atoms with Crippen molar-refractivity contribution in [3.63, 3.8) is 0 Å². The molecular formula is C19H20Cl2N2O3. The number of amides is 1. The van der Waals surface area contributed by atoms with E-state index >= 15 is 0 Å². The van der Waals surface area contributed by atoms with Gasteiger partial charge in [-0.25, -0.2) is 0 Å². The third-order valence-corrected chi connectivity index (χ3v) is 4.62. The van der Waals surface area contributed by atoms with Crippen LogP contribution in [-0.2, 0) is 9.53 Å². The quantitative estimate of drug-likeness (QED) is 0.823. The van der Waals surface area contributed by atoms with Crippen molar-refractivity contribution in [3.05, 3.63) is 52.5 Å². The minimum atomic E-state index is -0.718. The van der Waals surface area contributed by atoms with E-state index in [0.717, 1.165) is 32.0 Å². The van der Waals surface area contributed by atoms with Crippen molar-refractivity contribution >= 4 is 40.5 Å². The van der Waals surface area contributed by atoms with Crippen LogP contribution in [0.4, 0.5) is 11.4 Å². The van der Waals surface area contributed by atoms with Crippen molar-refractivity contribution in [2.24, 2.45) is 0 Å². The van der Waals surface area contributed by atoms with Gasteiger partial charge >= 0.3 is 0 Å². The molecule has 0 bridgehead atoms. The molecule has 2 aromatic rings. The van der Waals surface area contributed by atoms with Gasteiger partial charge in [0.2, 0.25) is 0 Å². The lowest BCUT2D eigenvalue weighted by molar-refractivity contribution is -0.122. The van der Waals surface area contributed by atoms with Crippen molar-refractivity contribution in [1.29, 1.82) is 0 Å². The lowest BCUT2D eigenvalue weighted by Crippen LogP contribution is -2.36. The fraction of sp³-hybridized carbons (Fsp3) is 0.316. The summed E-state index contributed by atoms with van der Waals surface area (Å²) in [7, 11) is 0. The van der Waals surface area contributed by atoms with Crippen molar-refractivity contribution in [3.8, 4) is 5.75 Å². The average Bonchev–Trinajstić information content (AvgIpc) is 2.66. The van der Waals surface area contributed by atoms with Gasteiger partial charge in [0.15, 0.2) is 6.10 Å². The maximum Gasteiger partial charge on any atom is 0.265 e. The lowest BCUT2D eigenvalue weighted by atomic mass is 10.2. The number of ether oxygens (including phenoxy) is 2. The summed E-state index contributed by atoms with van der Waals surface area (Å²) >= 11 is 12.0. The second-order valence-electron chi connectivity index (χ2n) is 5.97. The molecule has 26 heavy (non-hydrogen) atoms. The summed E-state index contributed by atoms with van der Waals surface area (Å²) in [4.78, 5) is 14.6. The van der Waals surface area contributed by atoms with E-state index in [1.165, 1.54) is 0 Å². The highest BCUT2D eigenvalue weighted by Gasteiger charge is 2.17. The molecule has 3 rings (SSSR count). The van der Waals surface area contributed by atoms with E-state index in [4.69, 9.17) is 32.7 Å². The van der Waals surface area contributed by atoms with Gasteiger partial charge in [0.05, 0.1) is 18.2 Å². The minimum Gasteiger partial charge on any atom is -0.479 e. The second kappa shape index (κ2) is 8.62. The van der Waals surface area contributed by atoms with E-state index in [2.05, 4.69) is 10.2 Å². The Morgan fingerprint density at radius 3 is 2.54 bits per heavy atom. The van der Waals surface area contributed by atoms with Crippen LogP contribution in [0.1, 0.15) is 6.92 Å². The Kier molecular flexibility index (Phi) is 6.25. The first-order chi connectivity index (χ1) is 12.5. The molecule has 0 unspecified atom stereocenters. The van der Waals surface area contributed by atoms with Crippen LogP contribution in [0.3, 0.4) is 0 Å². The number of carbonyl (C=O) groups is 1. The molecule has 0 aliphatic carbocycles. The summed E-state index contributed by atoms with van der Waals surface area (Å²) in [6, 6.07) is 12.6. The lowest BCUT2D eigenvalue weighted by Gasteiger charge is -2.29. The topological polar surface area (TPSA) is 50.8 Å². The van der Waals surface area contributed by atoms with E-state index < -0.39 is 6.10 Å². The fourth-order valence-electron chi connectivity index (χ4n) is 2.63. The number of nitrogens with zero attached hydrogens (tertiary/aromatic N) is 1. The molecule has 1 amide bonds. The molecular weight excluding hydrogens is 375 g/mol. The van der Waals surface area contributed by atoms with Crippen LogP contribution in [0.25, 0.3) is 0 Å². The van der Waals surface area contributed by atoms with Crippen LogP contribution in [0.5, 0.6) is 5.75 Å². The Hall–Kier alpha value is -1.95. The van der Waals surface area contributed by atoms with Gasteiger partial charge in [-0.2, -0.15) is 0 Å². The van der Waals surface area contributed by atoms with E-state index in [1.807, 2.05) is 24.3 Å². The molecule has 1 aliphatic rings. The number of anilines is 2. The summed E-state index contributed by atoms with van der Waals surface area (Å²) in [6.45, 7) is 4.88. The highest BCUT2D eigenvalue weighted by molar-refractivity contribution is 6.34. The van der Waals surface area contributed by atoms with Crippen LogP contribution in [0.15, 0.2) is 42.5 Å². The van der Waals surface area contributed by atoms with Crippen LogP contribution in [0.2, 0.25) is 10.0 Å². The molecule has 138 valence electrons. The van der Waals surface area contributed by atoms with Crippen LogP contribution >= 0.6 is 23.2 Å². The zero-order chi connectivity index (χ0) is 18.5. The van der Waals surface area contributed by atoms with E-state index in [-0.39, 0.29) is 5.91 Å². The van der Waals surface area contributed by atoms with Crippen molar-refractivity contribution < 1.29 is 14.3 Å². The second-order valence-corrected chi connectivity index (χ2v) is 6.81. The normalized spacial score (nSPS) is 15.4. The molecule has 1 heterocycles. The summed E-state index contributed by atoms with van der Waals surface area (Å²) in [5.41, 5.74) is 1.82. The molecule has 1 aliphatic heterocycles. The van der Waals surface area contributed by atoms with E-state index in [1.54, 1.807) is 25.1 Å². The highest BCUT2D eigenvalue weighted by Crippen LogP contribution is 2.28. The van der Waals surface area contributed by atoms with Crippen molar-refractivity contribution in [2.75, 3.05) is 36.5 Å². The molecule has 0 spiro atoms. The van der Waals surface area contributed by atoms with E-state index in [0.29, 0.717) is 21.5 Å². The van der Waals surface area contributed by atoms with Gasteiger partial charge in [-0.3, -0.25) is 4.79 Å². The zero-order valence-corrected chi connectivity index (χ0v) is 15.9. The maximum absolute atomic E-state index is 12.4. The Bertz CT molecular complexity index is 762. The standard InChI is InChI=1S/C19H20Cl2N2O3/c1-13(26-18-12-14(20)2-7-17(18)21)19(24)22-15-3-5-16(6-4-15)23-8-10-25-11-9-23/h2-7,12-13H,8-11H2,1H3,(H,22,24)/t13-/m1/s1. The number of carbonyl (C=O) groups excluding carboxylic acids is 1. The van der Waals surface area contributed by atoms with Gasteiger partial charge in [0.25, 0.3) is 5.91 Å². The highest BCUT2D eigenvalue weighted by atomic mass is 35.5. The molecule has 1 fully saturated rings. The van der Waals surface area contributed by atoms with Gasteiger partial charge in [-0.15, -0.1) is 0 Å². The van der Waals surface area contributed by atoms with Crippen molar-refractivity contribution in [2.45, 2.75) is 13.0 Å². The number of morpholine rings is 1. The average molecular weight is 395 g/mol. The SMILES string of the molecule is C[C@@H](Oc1cc(Cl)ccc1Cl)C(=O)Nc1ccc(N2CCOCC2)cc1. The first kappa shape index (κ1) is 18.8. The predicted octanol–water partition coefficient (Wildman–Crippen LogP) is 4.24. The van der Waals surface area contributed by atoms with Crippen molar-refractivity contribution in [1.82, 2.24) is 0 Å². The number of hydrogen-bond acceptors (Lipinski definition) is 4. The first-order valence-electron chi connectivity index (χ1n) is 8.38. The first-order valence-corrected chi connectivity index (χ1v) is 9.14. The predicted molar refractivity (Wildman–Crippen MR) is 105 cm³/mol. The Balaban J connectivity index is 1.59. The molecule has 1 N–H and O–H groups in total. The maximum atomic E-state index is 12.4. The zero-order valence-electron chi connectivity index (χ0n) is 14.4. The summed E-state index contributed by atoms with van der Waals surface area (Å²) < 4.78 is 11.0. The smallest absolute Gasteiger partial charge is 0.265 e. The number of nitrogens with one attached hydrogen (secondary N) is 1. The Morgan fingerprint density at radius 2 is 1.85 bits per heavy atom. The van der Waals surface area contributed by atoms with Gasteiger partial charge < -0.3 is 19.7 Å². The molecule has 2 aromatic carbocycles. The molecule has 7 heteroatoms. The number of rotatable bonds is 5. The Labute approximate surface area is 162 Å². The molecule has 0 radical (unpaired) electrons. The van der Waals surface area contributed by atoms with Crippen LogP contribution in [0, 0.1) is 0 Å². The van der Waals surface area contributed by atoms with E-state index in [9.17, 15) is 4.79 Å². The van der Waals surface area contributed by atoms with Gasteiger partial charge in [-0.1, -0.05) is 23.2 Å². The molecule has 0 saturated carbocycles.